The average Bonchev–Trinajstić information content (AvgIpc) is 2.46. The number of benzene rings is 1. The van der Waals surface area contributed by atoms with Gasteiger partial charge < -0.3 is 4.90 Å². The van der Waals surface area contributed by atoms with Crippen molar-refractivity contribution in [1.29, 1.82) is 0 Å². The molecule has 0 radical (unpaired) electrons. The second-order valence-electron chi connectivity index (χ2n) is 4.81. The highest BCUT2D eigenvalue weighted by atomic mass is 32.2. The highest BCUT2D eigenvalue weighted by Crippen LogP contribution is 2.23. The number of halogens is 1. The Morgan fingerprint density at radius 2 is 1.68 bits per heavy atom. The highest BCUT2D eigenvalue weighted by molar-refractivity contribution is 7.90. The number of amides is 1. The van der Waals surface area contributed by atoms with E-state index in [4.69, 9.17) is 0 Å². The molecule has 6 nitrogen and oxygen atoms in total. The maximum Gasteiger partial charge on any atom is 0.304 e. The molecule has 1 amide bonds. The van der Waals surface area contributed by atoms with Gasteiger partial charge in [0.25, 0.3) is 0 Å². The van der Waals surface area contributed by atoms with Crippen molar-refractivity contribution in [3.63, 3.8) is 0 Å². The van der Waals surface area contributed by atoms with Crippen LogP contribution in [-0.2, 0) is 15.0 Å². The number of para-hydroxylation sites is 1. The number of hydrogen-bond acceptors (Lipinski definition) is 3. The lowest BCUT2D eigenvalue weighted by Crippen LogP contribution is -2.47. The fourth-order valence-corrected chi connectivity index (χ4v) is 3.01. The first-order valence-electron chi connectivity index (χ1n) is 6.98. The van der Waals surface area contributed by atoms with Crippen molar-refractivity contribution in [3.05, 3.63) is 30.1 Å². The summed E-state index contributed by atoms with van der Waals surface area (Å²) in [5.74, 6) is -1.07. The van der Waals surface area contributed by atoms with Crippen LogP contribution in [0.1, 0.15) is 13.8 Å². The first-order valence-corrected chi connectivity index (χ1v) is 8.37. The van der Waals surface area contributed by atoms with Gasteiger partial charge in [-0.15, -0.1) is 0 Å². The van der Waals surface area contributed by atoms with E-state index in [1.807, 2.05) is 0 Å². The maximum absolute atomic E-state index is 14.0. The van der Waals surface area contributed by atoms with Gasteiger partial charge in [0.05, 0.1) is 5.69 Å². The Hall–Kier alpha value is -1.67. The van der Waals surface area contributed by atoms with E-state index in [2.05, 4.69) is 0 Å². The van der Waals surface area contributed by atoms with Crippen LogP contribution < -0.4 is 4.31 Å². The summed E-state index contributed by atoms with van der Waals surface area (Å²) in [4.78, 5) is 13.7. The van der Waals surface area contributed by atoms with E-state index < -0.39 is 22.6 Å². The normalized spacial score (nSPS) is 11.5. The van der Waals surface area contributed by atoms with Crippen molar-refractivity contribution in [2.75, 3.05) is 38.0 Å². The summed E-state index contributed by atoms with van der Waals surface area (Å²) in [5, 5.41) is 0. The Morgan fingerprint density at radius 1 is 1.14 bits per heavy atom. The van der Waals surface area contributed by atoms with Crippen molar-refractivity contribution in [3.8, 4) is 0 Å². The fourth-order valence-electron chi connectivity index (χ4n) is 1.94. The molecule has 0 spiro atoms. The zero-order chi connectivity index (χ0) is 16.9. The van der Waals surface area contributed by atoms with Gasteiger partial charge in [-0.2, -0.15) is 12.7 Å². The molecule has 0 aliphatic heterocycles. The molecule has 1 aromatic carbocycles. The van der Waals surface area contributed by atoms with E-state index >= 15 is 0 Å². The predicted octanol–water partition coefficient (Wildman–Crippen LogP) is 1.31. The smallest absolute Gasteiger partial charge is 0.304 e. The van der Waals surface area contributed by atoms with Crippen molar-refractivity contribution >= 4 is 21.8 Å². The summed E-state index contributed by atoms with van der Waals surface area (Å²) >= 11 is 0. The van der Waals surface area contributed by atoms with E-state index in [1.54, 1.807) is 13.8 Å². The summed E-state index contributed by atoms with van der Waals surface area (Å²) in [7, 11) is -1.30. The number of carbonyl (C=O) groups is 1. The number of hydrogen-bond donors (Lipinski definition) is 0. The molecule has 0 saturated carbocycles. The van der Waals surface area contributed by atoms with Crippen molar-refractivity contribution in [2.45, 2.75) is 13.8 Å². The number of carbonyl (C=O) groups excluding carboxylic acids is 1. The molecule has 0 aliphatic rings. The van der Waals surface area contributed by atoms with Crippen molar-refractivity contribution in [1.82, 2.24) is 9.21 Å². The first kappa shape index (κ1) is 18.4. The minimum Gasteiger partial charge on any atom is -0.342 e. The van der Waals surface area contributed by atoms with E-state index in [9.17, 15) is 17.6 Å². The lowest BCUT2D eigenvalue weighted by molar-refractivity contribution is -0.129. The minimum absolute atomic E-state index is 0.142. The van der Waals surface area contributed by atoms with Gasteiger partial charge in [-0.25, -0.2) is 8.70 Å². The number of rotatable bonds is 7. The highest BCUT2D eigenvalue weighted by Gasteiger charge is 2.30. The van der Waals surface area contributed by atoms with Crippen molar-refractivity contribution in [2.24, 2.45) is 0 Å². The quantitative estimate of drug-likeness (QED) is 0.757. The van der Waals surface area contributed by atoms with E-state index in [1.165, 1.54) is 37.2 Å². The van der Waals surface area contributed by atoms with Crippen molar-refractivity contribution < 1.29 is 17.6 Å². The zero-order valence-corrected chi connectivity index (χ0v) is 14.1. The Balaban J connectivity index is 3.25. The van der Waals surface area contributed by atoms with Gasteiger partial charge in [0.15, 0.2) is 0 Å². The van der Waals surface area contributed by atoms with Crippen LogP contribution in [0, 0.1) is 5.82 Å². The molecular weight excluding hydrogens is 309 g/mol. The number of nitrogens with zero attached hydrogens (tertiary/aromatic N) is 3. The standard InChI is InChI=1S/C14H22FN3O3S/c1-5-17(6-2)14(19)11-18(22(20,21)16(3)4)13-10-8-7-9-12(13)15/h7-10H,5-6,11H2,1-4H3. The lowest BCUT2D eigenvalue weighted by atomic mass is 10.3. The van der Waals surface area contributed by atoms with E-state index in [0.717, 1.165) is 14.7 Å². The second-order valence-corrected chi connectivity index (χ2v) is 6.88. The Kier molecular flexibility index (Phi) is 6.31. The molecule has 0 aromatic heterocycles. The van der Waals surface area contributed by atoms with Gasteiger partial charge in [0.2, 0.25) is 5.91 Å². The molecule has 0 atom stereocenters. The van der Waals surface area contributed by atoms with Gasteiger partial charge in [0, 0.05) is 27.2 Å². The average molecular weight is 331 g/mol. The maximum atomic E-state index is 14.0. The van der Waals surface area contributed by atoms with Crippen LogP contribution in [0.25, 0.3) is 0 Å². The molecule has 0 unspecified atom stereocenters. The third kappa shape index (κ3) is 3.95. The molecular formula is C14H22FN3O3S. The van der Waals surface area contributed by atoms with Gasteiger partial charge in [0.1, 0.15) is 12.4 Å². The summed E-state index contributed by atoms with van der Waals surface area (Å²) in [5.41, 5.74) is -0.142. The Labute approximate surface area is 131 Å². The van der Waals surface area contributed by atoms with Crippen LogP contribution in [0.3, 0.4) is 0 Å². The first-order chi connectivity index (χ1) is 10.3. The SMILES string of the molecule is CCN(CC)C(=O)CN(c1ccccc1F)S(=O)(=O)N(C)C. The summed E-state index contributed by atoms with van der Waals surface area (Å²) in [6.07, 6.45) is 0. The van der Waals surface area contributed by atoms with Crippen LogP contribution >= 0.6 is 0 Å². The van der Waals surface area contributed by atoms with Crippen LogP contribution in [0.4, 0.5) is 10.1 Å². The largest absolute Gasteiger partial charge is 0.342 e. The van der Waals surface area contributed by atoms with Crippen LogP contribution in [-0.4, -0.2) is 57.3 Å². The molecule has 0 fully saturated rings. The third-order valence-corrected chi connectivity index (χ3v) is 5.06. The molecule has 0 bridgehead atoms. The molecule has 0 heterocycles. The van der Waals surface area contributed by atoms with Gasteiger partial charge in [-0.1, -0.05) is 12.1 Å². The summed E-state index contributed by atoms with van der Waals surface area (Å²) in [6, 6.07) is 5.49. The number of anilines is 1. The molecule has 0 saturated heterocycles. The van der Waals surface area contributed by atoms with Crippen LogP contribution in [0.5, 0.6) is 0 Å². The van der Waals surface area contributed by atoms with Gasteiger partial charge in [-0.05, 0) is 26.0 Å². The molecule has 124 valence electrons. The minimum atomic E-state index is -3.98. The monoisotopic (exact) mass is 331 g/mol. The molecule has 0 aliphatic carbocycles. The van der Waals surface area contributed by atoms with E-state index in [-0.39, 0.29) is 11.6 Å². The Bertz CT molecular complexity index is 616. The fraction of sp³-hybridized carbons (Fsp3) is 0.500. The molecule has 22 heavy (non-hydrogen) atoms. The zero-order valence-electron chi connectivity index (χ0n) is 13.3. The topological polar surface area (TPSA) is 60.9 Å². The lowest BCUT2D eigenvalue weighted by Gasteiger charge is -2.29. The van der Waals surface area contributed by atoms with Gasteiger partial charge in [-0.3, -0.25) is 4.79 Å². The van der Waals surface area contributed by atoms with E-state index in [0.29, 0.717) is 13.1 Å². The van der Waals surface area contributed by atoms with Gasteiger partial charge >= 0.3 is 10.2 Å². The third-order valence-electron chi connectivity index (χ3n) is 3.26. The summed E-state index contributed by atoms with van der Waals surface area (Å²) < 4.78 is 40.6. The molecule has 1 aromatic rings. The van der Waals surface area contributed by atoms with Crippen LogP contribution in [0.15, 0.2) is 24.3 Å². The number of likely N-dealkylation sites (N-methyl/N-ethyl adjacent to an activating group) is 1. The Morgan fingerprint density at radius 3 is 2.14 bits per heavy atom. The van der Waals surface area contributed by atoms with Crippen LogP contribution in [0.2, 0.25) is 0 Å². The summed E-state index contributed by atoms with van der Waals surface area (Å²) in [6.45, 7) is 4.08. The molecule has 8 heteroatoms. The second kappa shape index (κ2) is 7.55. The predicted molar refractivity (Wildman–Crippen MR) is 84.3 cm³/mol. The molecule has 1 rings (SSSR count). The molecule has 0 N–H and O–H groups in total.